The van der Waals surface area contributed by atoms with Crippen LogP contribution < -0.4 is 10.1 Å². The molecule has 1 aromatic rings. The summed E-state index contributed by atoms with van der Waals surface area (Å²) in [4.78, 5) is 10.7. The molecule has 5 nitrogen and oxygen atoms in total. The second-order valence-corrected chi connectivity index (χ2v) is 5.73. The molecule has 0 unspecified atom stereocenters. The van der Waals surface area contributed by atoms with Gasteiger partial charge in [-0.3, -0.25) is 0 Å². The summed E-state index contributed by atoms with van der Waals surface area (Å²) < 4.78 is 3.14. The van der Waals surface area contributed by atoms with Crippen LogP contribution in [0.3, 0.4) is 0 Å². The highest BCUT2D eigenvalue weighted by atomic mass is 32.2. The first kappa shape index (κ1) is 14.1. The van der Waals surface area contributed by atoms with Gasteiger partial charge in [0.05, 0.1) is 13.1 Å². The monoisotopic (exact) mass is 259 g/mol. The Balaban J connectivity index is 3.46. The summed E-state index contributed by atoms with van der Waals surface area (Å²) >= 11 is 1.15. The average molecular weight is 259 g/mol. The first-order chi connectivity index (χ1) is 7.80. The molecule has 1 heterocycles. The smallest absolute Gasteiger partial charge is 0.342 e. The van der Waals surface area contributed by atoms with Gasteiger partial charge in [0.2, 0.25) is 0 Å². The summed E-state index contributed by atoms with van der Waals surface area (Å²) in [5.41, 5.74) is -0.263. The van der Waals surface area contributed by atoms with E-state index in [4.69, 9.17) is 0 Å². The number of aromatic nitrogens is 2. The lowest BCUT2D eigenvalue weighted by Crippen LogP contribution is -2.43. The number of aliphatic hydroxyl groups is 1. The van der Waals surface area contributed by atoms with Crippen molar-refractivity contribution < 1.29 is 14.8 Å². The highest BCUT2D eigenvalue weighted by molar-refractivity contribution is 8.00. The van der Waals surface area contributed by atoms with Crippen LogP contribution >= 0.6 is 11.8 Å². The largest absolute Gasteiger partial charge is 0.478 e. The fourth-order valence-electron chi connectivity index (χ4n) is 1.53. The minimum atomic E-state index is -1.01. The number of thioether (sulfide) groups is 1. The summed E-state index contributed by atoms with van der Waals surface area (Å²) in [6.07, 6.45) is 0. The van der Waals surface area contributed by atoms with Crippen molar-refractivity contribution in [2.75, 3.05) is 0 Å². The molecular weight excluding hydrogens is 240 g/mol. The molecule has 6 heteroatoms. The van der Waals surface area contributed by atoms with E-state index in [0.29, 0.717) is 18.2 Å². The highest BCUT2D eigenvalue weighted by Crippen LogP contribution is 2.27. The van der Waals surface area contributed by atoms with Gasteiger partial charge in [0.15, 0.2) is 0 Å². The Kier molecular flexibility index (Phi) is 4.21. The number of rotatable bonds is 4. The van der Waals surface area contributed by atoms with Crippen LogP contribution in [0, 0.1) is 0 Å². The van der Waals surface area contributed by atoms with E-state index in [0.717, 1.165) is 11.8 Å². The fraction of sp³-hybridized carbons (Fsp3) is 0.636. The van der Waals surface area contributed by atoms with Gasteiger partial charge in [-0.05, 0) is 39.5 Å². The van der Waals surface area contributed by atoms with E-state index < -0.39 is 4.93 Å². The van der Waals surface area contributed by atoms with Gasteiger partial charge in [0.1, 0.15) is 11.0 Å². The average Bonchev–Trinajstić information content (AvgIpc) is 2.15. The van der Waals surface area contributed by atoms with Gasteiger partial charge in [-0.1, -0.05) is 0 Å². The molecule has 0 aliphatic rings. The molecule has 0 fully saturated rings. The molecule has 0 radical (unpaired) electrons. The molecule has 0 aromatic carbocycles. The summed E-state index contributed by atoms with van der Waals surface area (Å²) in [7, 11) is 0. The number of nitrogens with zero attached hydrogens (tertiary/aromatic N) is 2. The molecule has 0 aliphatic carbocycles. The lowest BCUT2D eigenvalue weighted by Gasteiger charge is -2.17. The Morgan fingerprint density at radius 1 is 1.47 bits per heavy atom. The third-order valence-electron chi connectivity index (χ3n) is 2.23. The molecule has 0 saturated heterocycles. The highest BCUT2D eigenvalue weighted by Gasteiger charge is 2.28. The lowest BCUT2D eigenvalue weighted by atomic mass is 10.5. The summed E-state index contributed by atoms with van der Waals surface area (Å²) in [6, 6.07) is 1.20. The topological polar surface area (TPSA) is 66.3 Å². The second-order valence-electron chi connectivity index (χ2n) is 4.16. The summed E-state index contributed by atoms with van der Waals surface area (Å²) in [5.74, 6) is -0.0750. The standard InChI is InChI=1S/C11H18N2O3S/c1-5-12-8(14)7-9(15)13(6-2)10(12)17-11(3,4)16/h7,16H,5-6H2,1-4H3/p+1. The van der Waals surface area contributed by atoms with Gasteiger partial charge in [0.25, 0.3) is 5.88 Å². The minimum absolute atomic E-state index is 0.0750. The van der Waals surface area contributed by atoms with Crippen LogP contribution in [0.2, 0.25) is 0 Å². The van der Waals surface area contributed by atoms with Crippen molar-refractivity contribution in [3.05, 3.63) is 16.4 Å². The normalized spacial score (nSPS) is 11.8. The molecule has 2 N–H and O–H groups in total. The van der Waals surface area contributed by atoms with E-state index in [1.165, 1.54) is 10.6 Å². The minimum Gasteiger partial charge on any atom is -0.478 e. The third kappa shape index (κ3) is 3.23. The Labute approximate surface area is 105 Å². The number of hydrogen-bond donors (Lipinski definition) is 2. The van der Waals surface area contributed by atoms with E-state index in [2.05, 4.69) is 0 Å². The molecule has 0 atom stereocenters. The first-order valence-electron chi connectivity index (χ1n) is 5.58. The molecule has 1 rings (SSSR count). The van der Waals surface area contributed by atoms with Crippen molar-refractivity contribution in [3.8, 4) is 5.88 Å². The van der Waals surface area contributed by atoms with Crippen molar-refractivity contribution in [2.45, 2.75) is 50.9 Å². The van der Waals surface area contributed by atoms with Crippen LogP contribution in [0.1, 0.15) is 27.7 Å². The van der Waals surface area contributed by atoms with E-state index in [9.17, 15) is 15.0 Å². The van der Waals surface area contributed by atoms with Crippen LogP contribution in [0.5, 0.6) is 5.88 Å². The van der Waals surface area contributed by atoms with E-state index >= 15 is 0 Å². The van der Waals surface area contributed by atoms with Crippen molar-refractivity contribution in [3.63, 3.8) is 0 Å². The Hall–Kier alpha value is -1.01. The molecule has 17 heavy (non-hydrogen) atoms. The molecule has 0 aliphatic heterocycles. The third-order valence-corrected chi connectivity index (χ3v) is 3.35. The molecular formula is C11H19N2O3S+. The zero-order chi connectivity index (χ0) is 13.2. The Morgan fingerprint density at radius 3 is 2.47 bits per heavy atom. The maximum atomic E-state index is 11.7. The molecule has 96 valence electrons. The predicted octanol–water partition coefficient (Wildman–Crippen LogP) is 0.702. The SMILES string of the molecule is CCn1c(SC(C)(C)O)[n+](CC)c(O)cc1=O. The molecule has 0 saturated carbocycles. The van der Waals surface area contributed by atoms with E-state index in [1.54, 1.807) is 18.4 Å². The molecule has 0 bridgehead atoms. The Morgan fingerprint density at radius 2 is 2.06 bits per heavy atom. The van der Waals surface area contributed by atoms with Gasteiger partial charge in [-0.15, -0.1) is 0 Å². The predicted molar refractivity (Wildman–Crippen MR) is 66.1 cm³/mol. The maximum absolute atomic E-state index is 11.7. The van der Waals surface area contributed by atoms with Crippen LogP contribution in [0.4, 0.5) is 0 Å². The van der Waals surface area contributed by atoms with Crippen LogP contribution in [-0.2, 0) is 13.1 Å². The van der Waals surface area contributed by atoms with Crippen molar-refractivity contribution >= 4 is 11.8 Å². The Bertz CT molecular complexity index is 463. The van der Waals surface area contributed by atoms with Gasteiger partial charge >= 0.3 is 10.7 Å². The lowest BCUT2D eigenvalue weighted by molar-refractivity contribution is -0.741. The van der Waals surface area contributed by atoms with Crippen LogP contribution in [-0.4, -0.2) is 19.7 Å². The van der Waals surface area contributed by atoms with Crippen molar-refractivity contribution in [2.24, 2.45) is 0 Å². The van der Waals surface area contributed by atoms with Gasteiger partial charge in [-0.25, -0.2) is 4.79 Å². The maximum Gasteiger partial charge on any atom is 0.342 e. The summed E-state index contributed by atoms with van der Waals surface area (Å²) in [6.45, 7) is 8.05. The van der Waals surface area contributed by atoms with Gasteiger partial charge in [0, 0.05) is 0 Å². The summed E-state index contributed by atoms with van der Waals surface area (Å²) in [5, 5.41) is 20.2. The van der Waals surface area contributed by atoms with Gasteiger partial charge < -0.3 is 10.2 Å². The van der Waals surface area contributed by atoms with Crippen molar-refractivity contribution in [1.29, 1.82) is 0 Å². The number of aromatic hydroxyl groups is 1. The molecule has 0 spiro atoms. The molecule has 0 amide bonds. The van der Waals surface area contributed by atoms with Crippen LogP contribution in [0.15, 0.2) is 16.0 Å². The number of hydrogen-bond acceptors (Lipinski definition) is 4. The fourth-order valence-corrected chi connectivity index (χ4v) is 2.64. The van der Waals surface area contributed by atoms with Gasteiger partial charge in [-0.2, -0.15) is 9.13 Å². The zero-order valence-electron chi connectivity index (χ0n) is 10.6. The second kappa shape index (κ2) is 5.10. The van der Waals surface area contributed by atoms with Crippen molar-refractivity contribution in [1.82, 2.24) is 4.57 Å². The quantitative estimate of drug-likeness (QED) is 0.361. The molecule has 1 aromatic heterocycles. The van der Waals surface area contributed by atoms with E-state index in [1.807, 2.05) is 13.8 Å². The van der Waals surface area contributed by atoms with E-state index in [-0.39, 0.29) is 11.4 Å². The zero-order valence-corrected chi connectivity index (χ0v) is 11.4. The first-order valence-corrected chi connectivity index (χ1v) is 6.39. The van der Waals surface area contributed by atoms with Crippen LogP contribution in [0.25, 0.3) is 0 Å².